The van der Waals surface area contributed by atoms with Crippen molar-refractivity contribution in [2.75, 3.05) is 0 Å². The summed E-state index contributed by atoms with van der Waals surface area (Å²) in [6.45, 7) is 2.69. The van der Waals surface area contributed by atoms with Crippen LogP contribution in [0.15, 0.2) is 91.0 Å². The lowest BCUT2D eigenvalue weighted by atomic mass is 10.1. The van der Waals surface area contributed by atoms with Crippen molar-refractivity contribution in [1.29, 1.82) is 0 Å². The smallest absolute Gasteiger partial charge is 0.261 e. The molecule has 4 rings (SSSR count). The lowest BCUT2D eigenvalue weighted by Crippen LogP contribution is -2.37. The standard InChI is InChI=1S/C28H26FNO3/c1-2-26(33-27-9-5-7-22-6-3-4-8-25(22)27)28(31)30-18-20-12-16-24(17-13-20)32-19-21-10-14-23(29)15-11-21/h3-17,26H,2,18-19H2,1H3,(H,30,31)/t26-/m0/s1. The third kappa shape index (κ3) is 5.89. The first-order valence-electron chi connectivity index (χ1n) is 11.0. The Bertz CT molecular complexity index is 1200. The first kappa shape index (κ1) is 22.3. The summed E-state index contributed by atoms with van der Waals surface area (Å²) in [6.07, 6.45) is -0.0142. The summed E-state index contributed by atoms with van der Waals surface area (Å²) in [5, 5.41) is 5.02. The zero-order valence-electron chi connectivity index (χ0n) is 18.5. The van der Waals surface area contributed by atoms with E-state index in [1.807, 2.05) is 73.7 Å². The Morgan fingerprint density at radius 2 is 1.58 bits per heavy atom. The van der Waals surface area contributed by atoms with Crippen LogP contribution < -0.4 is 14.8 Å². The predicted molar refractivity (Wildman–Crippen MR) is 128 cm³/mol. The van der Waals surface area contributed by atoms with Crippen LogP contribution in [-0.4, -0.2) is 12.0 Å². The number of fused-ring (bicyclic) bond motifs is 1. The molecule has 0 bridgehead atoms. The molecule has 4 nitrogen and oxygen atoms in total. The van der Waals surface area contributed by atoms with Crippen LogP contribution in [0, 0.1) is 5.82 Å². The van der Waals surface area contributed by atoms with Gasteiger partial charge in [-0.15, -0.1) is 0 Å². The fraction of sp³-hybridized carbons (Fsp3) is 0.179. The molecule has 0 aliphatic rings. The van der Waals surface area contributed by atoms with Crippen LogP contribution in [0.4, 0.5) is 4.39 Å². The number of hydrogen-bond donors (Lipinski definition) is 1. The Kier molecular flexibility index (Phi) is 7.20. The van der Waals surface area contributed by atoms with E-state index in [-0.39, 0.29) is 11.7 Å². The third-order valence-corrected chi connectivity index (χ3v) is 5.39. The minimum Gasteiger partial charge on any atom is -0.489 e. The minimum atomic E-state index is -0.575. The molecule has 0 aliphatic carbocycles. The highest BCUT2D eigenvalue weighted by atomic mass is 19.1. The van der Waals surface area contributed by atoms with Gasteiger partial charge in [0.15, 0.2) is 6.10 Å². The van der Waals surface area contributed by atoms with Crippen LogP contribution in [-0.2, 0) is 17.9 Å². The summed E-state index contributed by atoms with van der Waals surface area (Å²) >= 11 is 0. The molecule has 0 radical (unpaired) electrons. The van der Waals surface area contributed by atoms with Crippen LogP contribution in [0.2, 0.25) is 0 Å². The number of benzene rings is 4. The number of halogens is 1. The van der Waals surface area contributed by atoms with E-state index in [0.717, 1.165) is 21.9 Å². The normalized spacial score (nSPS) is 11.7. The number of nitrogens with one attached hydrogen (secondary N) is 1. The highest BCUT2D eigenvalue weighted by Gasteiger charge is 2.19. The number of rotatable bonds is 9. The molecule has 0 aliphatic heterocycles. The van der Waals surface area contributed by atoms with Crippen molar-refractivity contribution in [3.05, 3.63) is 108 Å². The van der Waals surface area contributed by atoms with Crippen molar-refractivity contribution < 1.29 is 18.7 Å². The Labute approximate surface area is 193 Å². The maximum absolute atomic E-state index is 13.0. The van der Waals surface area contributed by atoms with Gasteiger partial charge in [0.05, 0.1) is 0 Å². The molecule has 5 heteroatoms. The molecule has 33 heavy (non-hydrogen) atoms. The van der Waals surface area contributed by atoms with Crippen LogP contribution in [0.5, 0.6) is 11.5 Å². The molecule has 0 saturated carbocycles. The second-order valence-corrected chi connectivity index (χ2v) is 7.77. The number of carbonyl (C=O) groups excluding carboxylic acids is 1. The molecular weight excluding hydrogens is 417 g/mol. The SMILES string of the molecule is CC[C@H](Oc1cccc2ccccc12)C(=O)NCc1ccc(OCc2ccc(F)cc2)cc1. The summed E-state index contributed by atoms with van der Waals surface area (Å²) in [7, 11) is 0. The molecule has 4 aromatic rings. The average molecular weight is 444 g/mol. The van der Waals surface area contributed by atoms with Gasteiger partial charge >= 0.3 is 0 Å². The van der Waals surface area contributed by atoms with Gasteiger partial charge in [0.1, 0.15) is 23.9 Å². The van der Waals surface area contributed by atoms with E-state index in [0.29, 0.717) is 31.1 Å². The third-order valence-electron chi connectivity index (χ3n) is 5.39. The highest BCUT2D eigenvalue weighted by molar-refractivity contribution is 5.89. The Hall–Kier alpha value is -3.86. The van der Waals surface area contributed by atoms with Crippen molar-refractivity contribution in [3.63, 3.8) is 0 Å². The van der Waals surface area contributed by atoms with Gasteiger partial charge in [-0.25, -0.2) is 4.39 Å². The topological polar surface area (TPSA) is 47.6 Å². The van der Waals surface area contributed by atoms with Crippen molar-refractivity contribution in [3.8, 4) is 11.5 Å². The van der Waals surface area contributed by atoms with Gasteiger partial charge < -0.3 is 14.8 Å². The van der Waals surface area contributed by atoms with Gasteiger partial charge in [-0.1, -0.05) is 67.6 Å². The van der Waals surface area contributed by atoms with Gasteiger partial charge in [-0.2, -0.15) is 0 Å². The van der Waals surface area contributed by atoms with E-state index in [1.54, 1.807) is 12.1 Å². The average Bonchev–Trinajstić information content (AvgIpc) is 2.86. The maximum atomic E-state index is 13.0. The van der Waals surface area contributed by atoms with Gasteiger partial charge in [-0.3, -0.25) is 4.79 Å². The molecule has 0 saturated heterocycles. The van der Waals surface area contributed by atoms with Crippen LogP contribution >= 0.6 is 0 Å². The van der Waals surface area contributed by atoms with Crippen LogP contribution in [0.3, 0.4) is 0 Å². The van der Waals surface area contributed by atoms with E-state index in [4.69, 9.17) is 9.47 Å². The van der Waals surface area contributed by atoms with E-state index in [1.165, 1.54) is 12.1 Å². The molecule has 168 valence electrons. The molecule has 4 aromatic carbocycles. The Morgan fingerprint density at radius 1 is 0.879 bits per heavy atom. The van der Waals surface area contributed by atoms with E-state index in [9.17, 15) is 9.18 Å². The van der Waals surface area contributed by atoms with Crippen LogP contribution in [0.1, 0.15) is 24.5 Å². The summed E-state index contributed by atoms with van der Waals surface area (Å²) in [4.78, 5) is 12.8. The molecule has 1 amide bonds. The van der Waals surface area contributed by atoms with Crippen LogP contribution in [0.25, 0.3) is 10.8 Å². The second kappa shape index (κ2) is 10.6. The van der Waals surface area contributed by atoms with E-state index < -0.39 is 6.10 Å². The Morgan fingerprint density at radius 3 is 2.33 bits per heavy atom. The second-order valence-electron chi connectivity index (χ2n) is 7.77. The molecule has 1 atom stereocenters. The molecule has 0 aromatic heterocycles. The van der Waals surface area contributed by atoms with Gasteiger partial charge in [0.25, 0.3) is 5.91 Å². The molecule has 0 heterocycles. The minimum absolute atomic E-state index is 0.151. The number of amides is 1. The lowest BCUT2D eigenvalue weighted by molar-refractivity contribution is -0.128. The van der Waals surface area contributed by atoms with Gasteiger partial charge in [-0.05, 0) is 53.3 Å². The fourth-order valence-corrected chi connectivity index (χ4v) is 3.53. The monoisotopic (exact) mass is 443 g/mol. The molecule has 0 fully saturated rings. The number of hydrogen-bond acceptors (Lipinski definition) is 3. The zero-order chi connectivity index (χ0) is 23.0. The summed E-state index contributed by atoms with van der Waals surface area (Å²) < 4.78 is 24.8. The number of ether oxygens (including phenoxy) is 2. The largest absolute Gasteiger partial charge is 0.489 e. The fourth-order valence-electron chi connectivity index (χ4n) is 3.53. The summed E-state index contributed by atoms with van der Waals surface area (Å²) in [5.74, 6) is 0.998. The quantitative estimate of drug-likeness (QED) is 0.344. The van der Waals surface area contributed by atoms with Crippen molar-refractivity contribution in [2.24, 2.45) is 0 Å². The summed E-state index contributed by atoms with van der Waals surface area (Å²) in [6, 6.07) is 27.6. The van der Waals surface area contributed by atoms with Crippen molar-refractivity contribution in [1.82, 2.24) is 5.32 Å². The first-order valence-corrected chi connectivity index (χ1v) is 11.0. The summed E-state index contributed by atoms with van der Waals surface area (Å²) in [5.41, 5.74) is 1.85. The maximum Gasteiger partial charge on any atom is 0.261 e. The first-order chi connectivity index (χ1) is 16.1. The number of carbonyl (C=O) groups is 1. The highest BCUT2D eigenvalue weighted by Crippen LogP contribution is 2.26. The van der Waals surface area contributed by atoms with Gasteiger partial charge in [0.2, 0.25) is 0 Å². The van der Waals surface area contributed by atoms with Crippen molar-refractivity contribution in [2.45, 2.75) is 32.6 Å². The lowest BCUT2D eigenvalue weighted by Gasteiger charge is -2.18. The zero-order valence-corrected chi connectivity index (χ0v) is 18.5. The van der Waals surface area contributed by atoms with Crippen molar-refractivity contribution >= 4 is 16.7 Å². The van der Waals surface area contributed by atoms with E-state index >= 15 is 0 Å². The Balaban J connectivity index is 1.31. The van der Waals surface area contributed by atoms with Gasteiger partial charge in [0, 0.05) is 11.9 Å². The molecule has 0 unspecified atom stereocenters. The van der Waals surface area contributed by atoms with E-state index in [2.05, 4.69) is 5.32 Å². The predicted octanol–water partition coefficient (Wildman–Crippen LogP) is 6.03. The molecular formula is C28H26FNO3. The molecule has 0 spiro atoms. The molecule has 1 N–H and O–H groups in total.